The fraction of sp³-hybridized carbons (Fsp3) is 0.235. The lowest BCUT2D eigenvalue weighted by Gasteiger charge is -2.12. The molecule has 0 atom stereocenters. The maximum Gasteiger partial charge on any atom is 0.253 e. The smallest absolute Gasteiger partial charge is 0.253 e. The van der Waals surface area contributed by atoms with Crippen LogP contribution in [0.2, 0.25) is 0 Å². The Bertz CT molecular complexity index is 608. The number of carbonyl (C=O) groups is 1. The molecule has 1 N–H and O–H groups in total. The number of carbonyl (C=O) groups excluding carboxylic acids is 1. The maximum atomic E-state index is 11.9. The van der Waals surface area contributed by atoms with Crippen LogP contribution >= 0.6 is 11.8 Å². The number of anilines is 1. The van der Waals surface area contributed by atoms with E-state index in [-0.39, 0.29) is 5.91 Å². The van der Waals surface area contributed by atoms with Crippen molar-refractivity contribution in [3.63, 3.8) is 0 Å². The summed E-state index contributed by atoms with van der Waals surface area (Å²) >= 11 is 1.74. The van der Waals surface area contributed by atoms with Crippen molar-refractivity contribution in [1.82, 2.24) is 4.90 Å². The van der Waals surface area contributed by atoms with Crippen LogP contribution in [0.5, 0.6) is 0 Å². The monoisotopic (exact) mass is 300 g/mol. The Labute approximate surface area is 130 Å². The summed E-state index contributed by atoms with van der Waals surface area (Å²) in [4.78, 5) is 14.8. The first-order chi connectivity index (χ1) is 10.1. The molecule has 21 heavy (non-hydrogen) atoms. The second kappa shape index (κ2) is 7.18. The van der Waals surface area contributed by atoms with Crippen molar-refractivity contribution in [2.75, 3.05) is 25.7 Å². The molecule has 1 amide bonds. The van der Waals surface area contributed by atoms with Crippen LogP contribution in [0, 0.1) is 0 Å². The Balaban J connectivity index is 2.02. The van der Waals surface area contributed by atoms with Gasteiger partial charge in [0.1, 0.15) is 0 Å². The van der Waals surface area contributed by atoms with Gasteiger partial charge in [-0.3, -0.25) is 4.79 Å². The number of hydrogen-bond acceptors (Lipinski definition) is 3. The van der Waals surface area contributed by atoms with Crippen LogP contribution in [0.15, 0.2) is 53.4 Å². The molecule has 0 saturated carbocycles. The highest BCUT2D eigenvalue weighted by molar-refractivity contribution is 7.98. The summed E-state index contributed by atoms with van der Waals surface area (Å²) < 4.78 is 0. The SMILES string of the molecule is CSc1ccc(CNc2cccc(C(=O)N(C)C)c2)cc1. The Morgan fingerprint density at radius 2 is 1.86 bits per heavy atom. The number of hydrogen-bond donors (Lipinski definition) is 1. The Kier molecular flexibility index (Phi) is 5.28. The molecule has 4 heteroatoms. The quantitative estimate of drug-likeness (QED) is 0.854. The molecule has 2 rings (SSSR count). The second-order valence-electron chi connectivity index (χ2n) is 4.98. The summed E-state index contributed by atoms with van der Waals surface area (Å²) in [5.74, 6) is 0.0166. The number of thioether (sulfide) groups is 1. The van der Waals surface area contributed by atoms with Gasteiger partial charge in [0.15, 0.2) is 0 Å². The van der Waals surface area contributed by atoms with Gasteiger partial charge in [0, 0.05) is 36.8 Å². The summed E-state index contributed by atoms with van der Waals surface area (Å²) in [6.07, 6.45) is 2.07. The normalized spacial score (nSPS) is 10.2. The molecule has 0 bridgehead atoms. The molecule has 2 aromatic carbocycles. The van der Waals surface area contributed by atoms with Crippen molar-refractivity contribution in [1.29, 1.82) is 0 Å². The van der Waals surface area contributed by atoms with Gasteiger partial charge in [0.05, 0.1) is 0 Å². The van der Waals surface area contributed by atoms with E-state index in [9.17, 15) is 4.79 Å². The van der Waals surface area contributed by atoms with E-state index in [1.54, 1.807) is 30.8 Å². The molecular formula is C17H20N2OS. The molecule has 2 aromatic rings. The molecule has 0 aromatic heterocycles. The number of nitrogens with one attached hydrogen (secondary N) is 1. The van der Waals surface area contributed by atoms with E-state index in [0.29, 0.717) is 5.56 Å². The standard InChI is InChI=1S/C17H20N2OS/c1-19(2)17(20)14-5-4-6-15(11-14)18-12-13-7-9-16(21-3)10-8-13/h4-11,18H,12H2,1-3H3. The van der Waals surface area contributed by atoms with Gasteiger partial charge in [-0.15, -0.1) is 11.8 Å². The third-order valence-electron chi connectivity index (χ3n) is 3.17. The van der Waals surface area contributed by atoms with Crippen molar-refractivity contribution in [3.05, 3.63) is 59.7 Å². The van der Waals surface area contributed by atoms with Crippen molar-refractivity contribution >= 4 is 23.4 Å². The lowest BCUT2D eigenvalue weighted by Crippen LogP contribution is -2.21. The van der Waals surface area contributed by atoms with Gasteiger partial charge >= 0.3 is 0 Å². The van der Waals surface area contributed by atoms with Crippen LogP contribution in [0.4, 0.5) is 5.69 Å². The zero-order chi connectivity index (χ0) is 15.2. The molecule has 0 unspecified atom stereocenters. The third kappa shape index (κ3) is 4.26. The molecule has 0 spiro atoms. The maximum absolute atomic E-state index is 11.9. The minimum absolute atomic E-state index is 0.0166. The van der Waals surface area contributed by atoms with E-state index in [1.165, 1.54) is 10.5 Å². The molecule has 0 aliphatic heterocycles. The predicted molar refractivity (Wildman–Crippen MR) is 90.0 cm³/mol. The van der Waals surface area contributed by atoms with Gasteiger partial charge < -0.3 is 10.2 Å². The van der Waals surface area contributed by atoms with Gasteiger partial charge in [0.25, 0.3) is 5.91 Å². The molecule has 0 heterocycles. The minimum atomic E-state index is 0.0166. The molecule has 0 radical (unpaired) electrons. The Morgan fingerprint density at radius 1 is 1.14 bits per heavy atom. The molecule has 0 fully saturated rings. The van der Waals surface area contributed by atoms with Crippen LogP contribution in [-0.4, -0.2) is 31.2 Å². The van der Waals surface area contributed by atoms with Crippen LogP contribution < -0.4 is 5.32 Å². The summed E-state index contributed by atoms with van der Waals surface area (Å²) in [5.41, 5.74) is 2.87. The zero-order valence-corrected chi connectivity index (χ0v) is 13.4. The van der Waals surface area contributed by atoms with Gasteiger partial charge in [0.2, 0.25) is 0 Å². The molecule has 110 valence electrons. The average molecular weight is 300 g/mol. The van der Waals surface area contributed by atoms with Gasteiger partial charge in [-0.1, -0.05) is 18.2 Å². The third-order valence-corrected chi connectivity index (χ3v) is 3.91. The summed E-state index contributed by atoms with van der Waals surface area (Å²) in [7, 11) is 3.52. The lowest BCUT2D eigenvalue weighted by atomic mass is 10.1. The molecule has 3 nitrogen and oxygen atoms in total. The number of amides is 1. The van der Waals surface area contributed by atoms with E-state index < -0.39 is 0 Å². The summed E-state index contributed by atoms with van der Waals surface area (Å²) in [5, 5.41) is 3.36. The van der Waals surface area contributed by atoms with Crippen molar-refractivity contribution in [2.45, 2.75) is 11.4 Å². The first kappa shape index (κ1) is 15.4. The second-order valence-corrected chi connectivity index (χ2v) is 5.86. The van der Waals surface area contributed by atoms with Crippen LogP contribution in [0.1, 0.15) is 15.9 Å². The highest BCUT2D eigenvalue weighted by Crippen LogP contribution is 2.17. The number of benzene rings is 2. The van der Waals surface area contributed by atoms with Crippen LogP contribution in [-0.2, 0) is 6.54 Å². The fourth-order valence-electron chi connectivity index (χ4n) is 1.97. The summed E-state index contributed by atoms with van der Waals surface area (Å²) in [6, 6.07) is 16.1. The number of rotatable bonds is 5. The van der Waals surface area contributed by atoms with Crippen molar-refractivity contribution in [3.8, 4) is 0 Å². The Morgan fingerprint density at radius 3 is 2.48 bits per heavy atom. The molecule has 0 aliphatic carbocycles. The van der Waals surface area contributed by atoms with E-state index in [2.05, 4.69) is 35.8 Å². The van der Waals surface area contributed by atoms with Gasteiger partial charge in [-0.05, 0) is 42.2 Å². The van der Waals surface area contributed by atoms with E-state index in [1.807, 2.05) is 24.3 Å². The topological polar surface area (TPSA) is 32.3 Å². The highest BCUT2D eigenvalue weighted by atomic mass is 32.2. The van der Waals surface area contributed by atoms with Crippen LogP contribution in [0.25, 0.3) is 0 Å². The van der Waals surface area contributed by atoms with Gasteiger partial charge in [-0.25, -0.2) is 0 Å². The average Bonchev–Trinajstić information content (AvgIpc) is 2.53. The molecular weight excluding hydrogens is 280 g/mol. The summed E-state index contributed by atoms with van der Waals surface area (Å²) in [6.45, 7) is 0.744. The largest absolute Gasteiger partial charge is 0.381 e. The van der Waals surface area contributed by atoms with E-state index >= 15 is 0 Å². The first-order valence-corrected chi connectivity index (χ1v) is 8.01. The molecule has 0 saturated heterocycles. The minimum Gasteiger partial charge on any atom is -0.381 e. The van der Waals surface area contributed by atoms with Crippen LogP contribution in [0.3, 0.4) is 0 Å². The number of nitrogens with zero attached hydrogens (tertiary/aromatic N) is 1. The Hall–Kier alpha value is -1.94. The fourth-order valence-corrected chi connectivity index (χ4v) is 2.38. The zero-order valence-electron chi connectivity index (χ0n) is 12.6. The highest BCUT2D eigenvalue weighted by Gasteiger charge is 2.07. The van der Waals surface area contributed by atoms with Crippen molar-refractivity contribution in [2.24, 2.45) is 0 Å². The predicted octanol–water partition coefficient (Wildman–Crippen LogP) is 3.72. The first-order valence-electron chi connectivity index (χ1n) is 6.78. The van der Waals surface area contributed by atoms with E-state index in [4.69, 9.17) is 0 Å². The molecule has 0 aliphatic rings. The van der Waals surface area contributed by atoms with E-state index in [0.717, 1.165) is 12.2 Å². The van der Waals surface area contributed by atoms with Gasteiger partial charge in [-0.2, -0.15) is 0 Å². The van der Waals surface area contributed by atoms with Crippen molar-refractivity contribution < 1.29 is 4.79 Å². The lowest BCUT2D eigenvalue weighted by molar-refractivity contribution is 0.0827.